The third-order valence-electron chi connectivity index (χ3n) is 5.29. The van der Waals surface area contributed by atoms with E-state index in [2.05, 4.69) is 26.9 Å². The van der Waals surface area contributed by atoms with E-state index in [1.54, 1.807) is 31.2 Å². The summed E-state index contributed by atoms with van der Waals surface area (Å²) in [5.74, 6) is 0.498. The zero-order valence-corrected chi connectivity index (χ0v) is 22.4. The van der Waals surface area contributed by atoms with Crippen molar-refractivity contribution in [3.05, 3.63) is 64.7 Å². The quantitative estimate of drug-likeness (QED) is 0.214. The molecule has 0 radical (unpaired) electrons. The number of thioether (sulfide) groups is 1. The van der Waals surface area contributed by atoms with Gasteiger partial charge in [-0.3, -0.25) is 4.90 Å². The van der Waals surface area contributed by atoms with Crippen LogP contribution in [0.5, 0.6) is 0 Å². The lowest BCUT2D eigenvalue weighted by Crippen LogP contribution is -2.65. The summed E-state index contributed by atoms with van der Waals surface area (Å²) in [6, 6.07) is 15.0. The van der Waals surface area contributed by atoms with Gasteiger partial charge in [-0.15, -0.1) is 24.8 Å². The Kier molecular flexibility index (Phi) is 14.6. The van der Waals surface area contributed by atoms with Gasteiger partial charge in [0.2, 0.25) is 5.69 Å². The molecule has 0 aliphatic carbocycles. The van der Waals surface area contributed by atoms with Crippen molar-refractivity contribution in [2.75, 3.05) is 45.1 Å². The number of halogens is 3. The summed E-state index contributed by atoms with van der Waals surface area (Å²) in [5.41, 5.74) is 2.53. The summed E-state index contributed by atoms with van der Waals surface area (Å²) < 4.78 is 4.97. The molecule has 2 aromatic carbocycles. The Morgan fingerprint density at radius 3 is 2.26 bits per heavy atom. The van der Waals surface area contributed by atoms with Crippen LogP contribution in [0.2, 0.25) is 5.02 Å². The van der Waals surface area contributed by atoms with Gasteiger partial charge < -0.3 is 14.7 Å². The number of esters is 1. The number of aliphatic hydroxyl groups excluding tert-OH is 1. The van der Waals surface area contributed by atoms with E-state index < -0.39 is 0 Å². The molecule has 1 heterocycles. The maximum absolute atomic E-state index is 11.7. The second kappa shape index (κ2) is 16.2. The largest absolute Gasteiger partial charge is 0.462 e. The number of carbonyl (C=O) groups is 1. The van der Waals surface area contributed by atoms with Gasteiger partial charge in [0.05, 0.1) is 12.2 Å². The van der Waals surface area contributed by atoms with Crippen LogP contribution < -0.4 is 4.99 Å². The smallest absolute Gasteiger partial charge is 0.402 e. The Morgan fingerprint density at radius 2 is 1.65 bits per heavy atom. The number of rotatable bonds is 9. The molecule has 0 unspecified atom stereocenters. The number of carbonyl (C=O) groups excluding carboxylic acids is 1. The average molecular weight is 550 g/mol. The predicted octanol–water partition coefficient (Wildman–Crippen LogP) is 3.93. The van der Waals surface area contributed by atoms with Crippen LogP contribution in [0.25, 0.3) is 0 Å². The predicted molar refractivity (Wildman–Crippen MR) is 145 cm³/mol. The Hall–Kier alpha value is -1.48. The highest BCUT2D eigenvalue weighted by molar-refractivity contribution is 8.13. The van der Waals surface area contributed by atoms with Crippen molar-refractivity contribution < 1.29 is 19.6 Å². The lowest BCUT2D eigenvalue weighted by atomic mass is 10.2. The summed E-state index contributed by atoms with van der Waals surface area (Å²) >= 11 is 7.36. The fourth-order valence-corrected chi connectivity index (χ4v) is 4.32. The molecule has 0 aromatic heterocycles. The first-order valence-electron chi connectivity index (χ1n) is 11.0. The third-order valence-corrected chi connectivity index (χ3v) is 6.41. The highest BCUT2D eigenvalue weighted by atomic mass is 35.5. The van der Waals surface area contributed by atoms with Gasteiger partial charge in [-0.05, 0) is 61.5 Å². The molecule has 3 rings (SSSR count). The molecule has 34 heavy (non-hydrogen) atoms. The Bertz CT molecular complexity index is 891. The van der Waals surface area contributed by atoms with E-state index in [-0.39, 0.29) is 36.0 Å². The van der Waals surface area contributed by atoms with Gasteiger partial charge in [-0.1, -0.05) is 23.7 Å². The first-order valence-corrected chi connectivity index (χ1v) is 12.3. The lowest BCUT2D eigenvalue weighted by molar-refractivity contribution is -0.360. The summed E-state index contributed by atoms with van der Waals surface area (Å²) in [6.45, 7) is 8.40. The molecule has 10 heteroatoms. The molecule has 188 valence electrons. The molecule has 2 N–H and O–H groups in total. The van der Waals surface area contributed by atoms with Gasteiger partial charge in [-0.25, -0.2) is 4.79 Å². The molecule has 0 spiro atoms. The van der Waals surface area contributed by atoms with Gasteiger partial charge in [0, 0.05) is 55.6 Å². The first kappa shape index (κ1) is 30.6. The number of benzene rings is 2. The minimum Gasteiger partial charge on any atom is -0.462 e. The van der Waals surface area contributed by atoms with Gasteiger partial charge in [0.1, 0.15) is 0 Å². The van der Waals surface area contributed by atoms with E-state index in [1.165, 1.54) is 17.3 Å². The third kappa shape index (κ3) is 10.4. The van der Waals surface area contributed by atoms with Crippen LogP contribution in [0.4, 0.5) is 5.69 Å². The maximum atomic E-state index is 11.7. The monoisotopic (exact) mass is 548 g/mol. The number of ether oxygens (including phenoxy) is 1. The molecule has 1 aliphatic heterocycles. The molecule has 0 bridgehead atoms. The topological polar surface area (TPSA) is 67.0 Å². The lowest BCUT2D eigenvalue weighted by Gasteiger charge is -2.34. The molecule has 1 aliphatic rings. The highest BCUT2D eigenvalue weighted by Gasteiger charge is 2.17. The fourth-order valence-electron chi connectivity index (χ4n) is 3.54. The van der Waals surface area contributed by atoms with Crippen LogP contribution in [0.1, 0.15) is 29.3 Å². The van der Waals surface area contributed by atoms with E-state index >= 15 is 0 Å². The summed E-state index contributed by atoms with van der Waals surface area (Å²) in [6.07, 6.45) is 1.01. The molecule has 1 saturated heterocycles. The molecule has 0 amide bonds. The zero-order valence-electron chi connectivity index (χ0n) is 19.2. The van der Waals surface area contributed by atoms with Crippen molar-refractivity contribution in [3.8, 4) is 0 Å². The van der Waals surface area contributed by atoms with Crippen molar-refractivity contribution in [1.29, 1.82) is 0 Å². The van der Waals surface area contributed by atoms with Crippen LogP contribution in [0, 0.1) is 0 Å². The summed E-state index contributed by atoms with van der Waals surface area (Å²) in [7, 11) is 0. The van der Waals surface area contributed by atoms with Crippen molar-refractivity contribution in [3.63, 3.8) is 0 Å². The Morgan fingerprint density at radius 1 is 1.03 bits per heavy atom. The van der Waals surface area contributed by atoms with E-state index in [0.29, 0.717) is 12.2 Å². The van der Waals surface area contributed by atoms with Crippen LogP contribution in [-0.2, 0) is 11.3 Å². The standard InChI is InChI=1S/C24H30ClN3O3S.2ClH/c1-2-31-23(29)20-6-10-22(11-7-20)26-24(30)32-17-3-12-27-13-15-28(16-14-27)18-19-4-8-21(25)9-5-19;;/h4-11H,2-3,12-18H2,1H3,(H,26,30);2*1H/p+1. The maximum Gasteiger partial charge on any atom is 0.402 e. The Labute approximate surface area is 223 Å². The second-order valence-corrected chi connectivity index (χ2v) is 9.19. The van der Waals surface area contributed by atoms with Gasteiger partial charge >= 0.3 is 11.2 Å². The number of piperazine rings is 1. The molecular weight excluding hydrogens is 517 g/mol. The fraction of sp³-hybridized carbons (Fsp3) is 0.417. The number of hydrogen-bond acceptors (Lipinski definition) is 5. The van der Waals surface area contributed by atoms with Crippen molar-refractivity contribution >= 4 is 65.1 Å². The van der Waals surface area contributed by atoms with Crippen molar-refractivity contribution in [1.82, 2.24) is 9.80 Å². The van der Waals surface area contributed by atoms with E-state index in [1.807, 2.05) is 12.1 Å². The van der Waals surface area contributed by atoms with Gasteiger partial charge in [0.15, 0.2) is 0 Å². The molecule has 1 fully saturated rings. The molecule has 0 atom stereocenters. The average Bonchev–Trinajstić information content (AvgIpc) is 2.80. The normalized spacial score (nSPS) is 14.7. The highest BCUT2D eigenvalue weighted by Crippen LogP contribution is 2.13. The number of nitrogens with one attached hydrogen (secondary N) is 1. The van der Waals surface area contributed by atoms with Crippen molar-refractivity contribution in [2.24, 2.45) is 0 Å². The van der Waals surface area contributed by atoms with Gasteiger partial charge in [0.25, 0.3) is 0 Å². The van der Waals surface area contributed by atoms with Gasteiger partial charge in [-0.2, -0.15) is 4.99 Å². The van der Waals surface area contributed by atoms with Crippen LogP contribution >= 0.6 is 48.2 Å². The minimum absolute atomic E-state index is 0. The second-order valence-electron chi connectivity index (χ2n) is 7.67. The number of nitrogens with zero attached hydrogens (tertiary/aromatic N) is 2. The van der Waals surface area contributed by atoms with E-state index in [9.17, 15) is 9.90 Å². The van der Waals surface area contributed by atoms with Crippen molar-refractivity contribution in [2.45, 2.75) is 19.9 Å². The summed E-state index contributed by atoms with van der Waals surface area (Å²) in [5, 5.41) is 11.1. The molecule has 6 nitrogen and oxygen atoms in total. The zero-order chi connectivity index (χ0) is 22.8. The SMILES string of the molecule is CCOC(=O)c1ccc([NH+]=C(O)SCCCN2CCN(Cc3ccc(Cl)cc3)CC2)cc1.Cl.Cl. The number of aliphatic hydroxyl groups is 1. The summed E-state index contributed by atoms with van der Waals surface area (Å²) in [4.78, 5) is 19.6. The minimum atomic E-state index is -0.340. The van der Waals surface area contributed by atoms with E-state index in [0.717, 1.165) is 62.2 Å². The molecule has 0 saturated carbocycles. The number of hydrogen-bond donors (Lipinski definition) is 2. The molecular formula is C24H33Cl3N3O3S+. The van der Waals surface area contributed by atoms with E-state index in [4.69, 9.17) is 16.3 Å². The van der Waals surface area contributed by atoms with Crippen LogP contribution in [0.3, 0.4) is 0 Å². The van der Waals surface area contributed by atoms with Crippen LogP contribution in [0.15, 0.2) is 48.5 Å². The first-order chi connectivity index (χ1) is 15.5. The Balaban J connectivity index is 0.00000289. The molecule has 2 aromatic rings. The van der Waals surface area contributed by atoms with Crippen LogP contribution in [-0.4, -0.2) is 71.2 Å².